The SMILES string of the molecule is c1ccc2nc(NC[C@@]3(N4CCOCC4)CCSC3)cnc2c1. The van der Waals surface area contributed by atoms with Gasteiger partial charge in [0.1, 0.15) is 5.82 Å². The third-order valence-electron chi connectivity index (χ3n) is 4.81. The Balaban J connectivity index is 1.50. The monoisotopic (exact) mass is 330 g/mol. The number of thioether (sulfide) groups is 1. The molecule has 1 N–H and O–H groups in total. The Morgan fingerprint density at radius 2 is 2.04 bits per heavy atom. The number of anilines is 1. The lowest BCUT2D eigenvalue weighted by atomic mass is 9.95. The van der Waals surface area contributed by atoms with Crippen LogP contribution >= 0.6 is 11.8 Å². The first-order chi connectivity index (χ1) is 11.4. The predicted molar refractivity (Wildman–Crippen MR) is 95.1 cm³/mol. The quantitative estimate of drug-likeness (QED) is 0.928. The van der Waals surface area contributed by atoms with Crippen LogP contribution in [0.1, 0.15) is 6.42 Å². The Labute approximate surface area is 140 Å². The van der Waals surface area contributed by atoms with Gasteiger partial charge in [0.15, 0.2) is 0 Å². The lowest BCUT2D eigenvalue weighted by Crippen LogP contribution is -2.57. The molecule has 0 unspecified atom stereocenters. The van der Waals surface area contributed by atoms with E-state index in [2.05, 4.69) is 31.9 Å². The van der Waals surface area contributed by atoms with Crippen LogP contribution in [0.25, 0.3) is 11.0 Å². The molecule has 1 aromatic heterocycles. The first kappa shape index (κ1) is 15.2. The molecule has 2 fully saturated rings. The summed E-state index contributed by atoms with van der Waals surface area (Å²) in [7, 11) is 0. The summed E-state index contributed by atoms with van der Waals surface area (Å²) < 4.78 is 5.52. The summed E-state index contributed by atoms with van der Waals surface area (Å²) in [5.41, 5.74) is 2.11. The molecule has 1 aromatic carbocycles. The van der Waals surface area contributed by atoms with Crippen LogP contribution in [0, 0.1) is 0 Å². The highest BCUT2D eigenvalue weighted by Gasteiger charge is 2.40. The second-order valence-electron chi connectivity index (χ2n) is 6.22. The molecule has 0 saturated carbocycles. The highest BCUT2D eigenvalue weighted by Crippen LogP contribution is 2.34. The number of nitrogens with zero attached hydrogens (tertiary/aromatic N) is 3. The number of nitrogens with one attached hydrogen (secondary N) is 1. The topological polar surface area (TPSA) is 50.3 Å². The zero-order valence-electron chi connectivity index (χ0n) is 13.2. The van der Waals surface area contributed by atoms with Gasteiger partial charge in [-0.05, 0) is 24.3 Å². The average Bonchev–Trinajstić information content (AvgIpc) is 3.11. The molecule has 5 nitrogen and oxygen atoms in total. The van der Waals surface area contributed by atoms with Crippen molar-refractivity contribution < 1.29 is 4.74 Å². The molecule has 0 spiro atoms. The first-order valence-corrected chi connectivity index (χ1v) is 9.37. The number of morpholine rings is 1. The van der Waals surface area contributed by atoms with Gasteiger partial charge in [-0.25, -0.2) is 4.98 Å². The second kappa shape index (κ2) is 6.63. The zero-order valence-corrected chi connectivity index (χ0v) is 14.0. The fraction of sp³-hybridized carbons (Fsp3) is 0.529. The Morgan fingerprint density at radius 3 is 2.83 bits per heavy atom. The van der Waals surface area contributed by atoms with Gasteiger partial charge in [-0.2, -0.15) is 11.8 Å². The van der Waals surface area contributed by atoms with E-state index in [0.717, 1.165) is 49.7 Å². The summed E-state index contributed by atoms with van der Waals surface area (Å²) in [6, 6.07) is 8.00. The van der Waals surface area contributed by atoms with Crippen LogP contribution in [0.3, 0.4) is 0 Å². The van der Waals surface area contributed by atoms with Crippen molar-refractivity contribution in [3.05, 3.63) is 30.5 Å². The molecular formula is C17H22N4OS. The molecule has 0 aliphatic carbocycles. The maximum atomic E-state index is 5.52. The minimum Gasteiger partial charge on any atom is -0.379 e. The first-order valence-electron chi connectivity index (χ1n) is 8.22. The number of ether oxygens (including phenoxy) is 1. The average molecular weight is 330 g/mol. The lowest BCUT2D eigenvalue weighted by molar-refractivity contribution is -0.00922. The van der Waals surface area contributed by atoms with E-state index < -0.39 is 0 Å². The molecule has 122 valence electrons. The minimum atomic E-state index is 0.224. The van der Waals surface area contributed by atoms with Gasteiger partial charge in [-0.3, -0.25) is 9.88 Å². The van der Waals surface area contributed by atoms with Crippen LogP contribution in [0.15, 0.2) is 30.5 Å². The number of rotatable bonds is 4. The van der Waals surface area contributed by atoms with Crippen molar-refractivity contribution in [3.63, 3.8) is 0 Å². The third kappa shape index (κ3) is 3.16. The maximum absolute atomic E-state index is 5.52. The van der Waals surface area contributed by atoms with E-state index in [9.17, 15) is 0 Å². The van der Waals surface area contributed by atoms with Crippen molar-refractivity contribution in [1.82, 2.24) is 14.9 Å². The van der Waals surface area contributed by atoms with Gasteiger partial charge in [0, 0.05) is 30.9 Å². The summed E-state index contributed by atoms with van der Waals surface area (Å²) in [4.78, 5) is 11.8. The molecule has 0 radical (unpaired) electrons. The van der Waals surface area contributed by atoms with Gasteiger partial charge in [0.2, 0.25) is 0 Å². The molecule has 2 aromatic rings. The molecule has 23 heavy (non-hydrogen) atoms. The normalized spacial score (nSPS) is 25.7. The van der Waals surface area contributed by atoms with Gasteiger partial charge < -0.3 is 10.1 Å². The van der Waals surface area contributed by atoms with Crippen LogP contribution in [0.5, 0.6) is 0 Å². The molecule has 0 bridgehead atoms. The molecule has 1 atom stereocenters. The van der Waals surface area contributed by atoms with Crippen LogP contribution in [-0.4, -0.2) is 64.8 Å². The van der Waals surface area contributed by atoms with Crippen molar-refractivity contribution in [2.45, 2.75) is 12.0 Å². The highest BCUT2D eigenvalue weighted by molar-refractivity contribution is 7.99. The Kier molecular flexibility index (Phi) is 4.37. The van der Waals surface area contributed by atoms with Gasteiger partial charge >= 0.3 is 0 Å². The van der Waals surface area contributed by atoms with Gasteiger partial charge in [-0.1, -0.05) is 12.1 Å². The molecule has 2 aliphatic rings. The van der Waals surface area contributed by atoms with Gasteiger partial charge in [0.25, 0.3) is 0 Å². The molecule has 2 aliphatic heterocycles. The summed E-state index contributed by atoms with van der Waals surface area (Å²) in [6.45, 7) is 4.69. The summed E-state index contributed by atoms with van der Waals surface area (Å²) >= 11 is 2.05. The van der Waals surface area contributed by atoms with E-state index in [1.807, 2.05) is 30.5 Å². The molecule has 0 amide bonds. The van der Waals surface area contributed by atoms with Gasteiger partial charge in [-0.15, -0.1) is 0 Å². The standard InChI is InChI=1S/C17H22N4OS/c1-2-4-15-14(3-1)18-11-16(20-15)19-12-17(5-10-23-13-17)21-6-8-22-9-7-21/h1-4,11H,5-10,12-13H2,(H,19,20)/t17-/m0/s1. The smallest absolute Gasteiger partial charge is 0.145 e. The Bertz CT molecular complexity index is 668. The van der Waals surface area contributed by atoms with Crippen molar-refractivity contribution in [1.29, 1.82) is 0 Å². The lowest BCUT2D eigenvalue weighted by Gasteiger charge is -2.43. The van der Waals surface area contributed by atoms with E-state index in [1.165, 1.54) is 17.9 Å². The predicted octanol–water partition coefficient (Wildman–Crippen LogP) is 2.25. The highest BCUT2D eigenvalue weighted by atomic mass is 32.2. The molecule has 6 heteroatoms. The number of para-hydroxylation sites is 2. The fourth-order valence-electron chi connectivity index (χ4n) is 3.43. The van der Waals surface area contributed by atoms with Gasteiger partial charge in [0.05, 0.1) is 30.4 Å². The van der Waals surface area contributed by atoms with Crippen LogP contribution in [-0.2, 0) is 4.74 Å². The largest absolute Gasteiger partial charge is 0.379 e. The molecule has 4 rings (SSSR count). The molecular weight excluding hydrogens is 308 g/mol. The second-order valence-corrected chi connectivity index (χ2v) is 7.33. The number of hydrogen-bond acceptors (Lipinski definition) is 6. The van der Waals surface area contributed by atoms with Crippen LogP contribution < -0.4 is 5.32 Å². The number of hydrogen-bond donors (Lipinski definition) is 1. The van der Waals surface area contributed by atoms with E-state index in [4.69, 9.17) is 4.74 Å². The fourth-order valence-corrected chi connectivity index (χ4v) is 4.91. The van der Waals surface area contributed by atoms with Crippen LogP contribution in [0.2, 0.25) is 0 Å². The van der Waals surface area contributed by atoms with Crippen molar-refractivity contribution in [2.24, 2.45) is 0 Å². The summed E-state index contributed by atoms with van der Waals surface area (Å²) in [6.07, 6.45) is 3.07. The third-order valence-corrected chi connectivity index (χ3v) is 6.05. The van der Waals surface area contributed by atoms with Crippen molar-refractivity contribution >= 4 is 28.6 Å². The van der Waals surface area contributed by atoms with Crippen LogP contribution in [0.4, 0.5) is 5.82 Å². The minimum absolute atomic E-state index is 0.224. The Morgan fingerprint density at radius 1 is 1.22 bits per heavy atom. The van der Waals surface area contributed by atoms with E-state index in [0.29, 0.717) is 0 Å². The number of fused-ring (bicyclic) bond motifs is 1. The van der Waals surface area contributed by atoms with Crippen molar-refractivity contribution in [3.8, 4) is 0 Å². The van der Waals surface area contributed by atoms with E-state index >= 15 is 0 Å². The summed E-state index contributed by atoms with van der Waals surface area (Å²) in [5, 5.41) is 3.55. The van der Waals surface area contributed by atoms with E-state index in [-0.39, 0.29) is 5.54 Å². The summed E-state index contributed by atoms with van der Waals surface area (Å²) in [5.74, 6) is 3.29. The van der Waals surface area contributed by atoms with E-state index in [1.54, 1.807) is 0 Å². The zero-order chi connectivity index (χ0) is 15.5. The number of aromatic nitrogens is 2. The number of benzene rings is 1. The molecule has 3 heterocycles. The molecule has 2 saturated heterocycles. The Hall–Kier alpha value is -1.37. The maximum Gasteiger partial charge on any atom is 0.145 e. The van der Waals surface area contributed by atoms with Crippen molar-refractivity contribution in [2.75, 3.05) is 49.7 Å².